The molecule has 0 aliphatic heterocycles. The first kappa shape index (κ1) is 13.9. The SMILES string of the molecule is O=C(O)/C=C/c1ccsc1C(=O)NCc1cccnn1. The van der Waals surface area contributed by atoms with E-state index < -0.39 is 5.97 Å². The average molecular weight is 289 g/mol. The van der Waals surface area contributed by atoms with Crippen molar-refractivity contribution in [3.63, 3.8) is 0 Å². The van der Waals surface area contributed by atoms with E-state index in [9.17, 15) is 9.59 Å². The van der Waals surface area contributed by atoms with Crippen LogP contribution >= 0.6 is 11.3 Å². The number of rotatable bonds is 5. The Morgan fingerprint density at radius 2 is 2.25 bits per heavy atom. The van der Waals surface area contributed by atoms with Crippen molar-refractivity contribution in [2.45, 2.75) is 6.54 Å². The first-order valence-corrected chi connectivity index (χ1v) is 6.58. The zero-order valence-electron chi connectivity index (χ0n) is 10.3. The van der Waals surface area contributed by atoms with Gasteiger partial charge in [-0.25, -0.2) is 4.79 Å². The fourth-order valence-corrected chi connectivity index (χ4v) is 2.28. The van der Waals surface area contributed by atoms with Gasteiger partial charge in [0.1, 0.15) is 0 Å². The number of amides is 1. The van der Waals surface area contributed by atoms with Crippen LogP contribution in [0.3, 0.4) is 0 Å². The van der Waals surface area contributed by atoms with Gasteiger partial charge in [-0.1, -0.05) is 0 Å². The molecule has 0 aliphatic carbocycles. The lowest BCUT2D eigenvalue weighted by Crippen LogP contribution is -2.23. The highest BCUT2D eigenvalue weighted by Crippen LogP contribution is 2.18. The van der Waals surface area contributed by atoms with Gasteiger partial charge < -0.3 is 10.4 Å². The van der Waals surface area contributed by atoms with Gasteiger partial charge in [-0.3, -0.25) is 4.79 Å². The minimum absolute atomic E-state index is 0.268. The normalized spacial score (nSPS) is 10.6. The molecule has 0 saturated carbocycles. The molecule has 102 valence electrons. The zero-order valence-corrected chi connectivity index (χ0v) is 11.1. The van der Waals surface area contributed by atoms with Crippen molar-refractivity contribution >= 4 is 29.3 Å². The molecule has 2 aromatic rings. The van der Waals surface area contributed by atoms with Crippen molar-refractivity contribution in [3.8, 4) is 0 Å². The molecule has 0 saturated heterocycles. The Morgan fingerprint density at radius 3 is 2.95 bits per heavy atom. The predicted octanol–water partition coefficient (Wildman–Crippen LogP) is 1.57. The number of thiophene rings is 1. The van der Waals surface area contributed by atoms with Crippen molar-refractivity contribution in [1.29, 1.82) is 0 Å². The summed E-state index contributed by atoms with van der Waals surface area (Å²) in [6, 6.07) is 5.19. The van der Waals surface area contributed by atoms with E-state index in [4.69, 9.17) is 5.11 Å². The highest BCUT2D eigenvalue weighted by Gasteiger charge is 2.11. The van der Waals surface area contributed by atoms with Crippen molar-refractivity contribution in [2.24, 2.45) is 0 Å². The van der Waals surface area contributed by atoms with Gasteiger partial charge in [0.2, 0.25) is 0 Å². The summed E-state index contributed by atoms with van der Waals surface area (Å²) in [5.74, 6) is -1.32. The number of hydrogen-bond acceptors (Lipinski definition) is 5. The van der Waals surface area contributed by atoms with Crippen LogP contribution in [-0.4, -0.2) is 27.2 Å². The minimum Gasteiger partial charge on any atom is -0.478 e. The topological polar surface area (TPSA) is 92.2 Å². The summed E-state index contributed by atoms with van der Waals surface area (Å²) in [5, 5.41) is 20.6. The Labute approximate surface area is 118 Å². The average Bonchev–Trinajstić information content (AvgIpc) is 2.92. The largest absolute Gasteiger partial charge is 0.478 e. The van der Waals surface area contributed by atoms with Crippen LogP contribution in [0, 0.1) is 0 Å². The molecule has 0 unspecified atom stereocenters. The van der Waals surface area contributed by atoms with Crippen LogP contribution in [0.2, 0.25) is 0 Å². The van der Waals surface area contributed by atoms with Gasteiger partial charge in [0.05, 0.1) is 17.1 Å². The molecule has 0 fully saturated rings. The lowest BCUT2D eigenvalue weighted by atomic mass is 10.2. The molecule has 0 radical (unpaired) electrons. The molecule has 0 aromatic carbocycles. The first-order valence-electron chi connectivity index (χ1n) is 5.70. The number of aromatic nitrogens is 2. The number of nitrogens with one attached hydrogen (secondary N) is 1. The highest BCUT2D eigenvalue weighted by molar-refractivity contribution is 7.12. The number of hydrogen-bond donors (Lipinski definition) is 2. The van der Waals surface area contributed by atoms with Crippen LogP contribution in [-0.2, 0) is 11.3 Å². The number of nitrogens with zero attached hydrogens (tertiary/aromatic N) is 2. The lowest BCUT2D eigenvalue weighted by molar-refractivity contribution is -0.131. The van der Waals surface area contributed by atoms with Gasteiger partial charge in [0, 0.05) is 12.3 Å². The molecule has 20 heavy (non-hydrogen) atoms. The fraction of sp³-hybridized carbons (Fsp3) is 0.0769. The molecule has 2 aromatic heterocycles. The van der Waals surface area contributed by atoms with Gasteiger partial charge in [-0.05, 0) is 35.2 Å². The summed E-state index contributed by atoms with van der Waals surface area (Å²) in [6.45, 7) is 0.270. The number of carboxylic acids is 1. The van der Waals surface area contributed by atoms with E-state index in [-0.39, 0.29) is 12.5 Å². The Balaban J connectivity index is 2.03. The molecule has 6 nitrogen and oxygen atoms in total. The molecule has 1 amide bonds. The number of carboxylic acid groups (broad SMARTS) is 1. The maximum atomic E-state index is 12.0. The smallest absolute Gasteiger partial charge is 0.328 e. The molecule has 2 rings (SSSR count). The molecule has 0 aliphatic rings. The quantitative estimate of drug-likeness (QED) is 0.815. The van der Waals surface area contributed by atoms with E-state index in [0.29, 0.717) is 16.1 Å². The zero-order chi connectivity index (χ0) is 14.4. The van der Waals surface area contributed by atoms with E-state index in [1.165, 1.54) is 17.4 Å². The maximum absolute atomic E-state index is 12.0. The number of carbonyl (C=O) groups excluding carboxylic acids is 1. The van der Waals surface area contributed by atoms with Crippen LogP contribution in [0.25, 0.3) is 6.08 Å². The van der Waals surface area contributed by atoms with Crippen molar-refractivity contribution in [1.82, 2.24) is 15.5 Å². The molecule has 2 N–H and O–H groups in total. The minimum atomic E-state index is -1.05. The Hall–Kier alpha value is -2.54. The van der Waals surface area contributed by atoms with Gasteiger partial charge in [-0.2, -0.15) is 10.2 Å². The van der Waals surface area contributed by atoms with Gasteiger partial charge in [-0.15, -0.1) is 11.3 Å². The summed E-state index contributed by atoms with van der Waals surface area (Å²) >= 11 is 1.25. The van der Waals surface area contributed by atoms with Crippen molar-refractivity contribution < 1.29 is 14.7 Å². The molecule has 7 heteroatoms. The molecule has 0 atom stereocenters. The predicted molar refractivity (Wildman–Crippen MR) is 74.2 cm³/mol. The molecular weight excluding hydrogens is 278 g/mol. The third-order valence-corrected chi connectivity index (χ3v) is 3.29. The summed E-state index contributed by atoms with van der Waals surface area (Å²) in [7, 11) is 0. The second-order valence-electron chi connectivity index (χ2n) is 3.77. The van der Waals surface area contributed by atoms with Crippen LogP contribution in [0.5, 0.6) is 0 Å². The van der Waals surface area contributed by atoms with Gasteiger partial charge >= 0.3 is 5.97 Å². The third kappa shape index (κ3) is 3.72. The lowest BCUT2D eigenvalue weighted by Gasteiger charge is -2.03. The molecule has 2 heterocycles. The first-order chi connectivity index (χ1) is 9.66. The second kappa shape index (κ2) is 6.58. The monoisotopic (exact) mass is 289 g/mol. The fourth-order valence-electron chi connectivity index (χ4n) is 1.47. The molecule has 0 spiro atoms. The summed E-state index contributed by atoms with van der Waals surface area (Å²) < 4.78 is 0. The summed E-state index contributed by atoms with van der Waals surface area (Å²) in [5.41, 5.74) is 1.23. The van der Waals surface area contributed by atoms with Crippen LogP contribution < -0.4 is 5.32 Å². The van der Waals surface area contributed by atoms with Crippen LogP contribution in [0.1, 0.15) is 20.9 Å². The van der Waals surface area contributed by atoms with Crippen LogP contribution in [0.15, 0.2) is 35.9 Å². The Kier molecular flexibility index (Phi) is 4.56. The Bertz CT molecular complexity index is 637. The summed E-state index contributed by atoms with van der Waals surface area (Å²) in [4.78, 5) is 23.0. The van der Waals surface area contributed by atoms with E-state index in [0.717, 1.165) is 6.08 Å². The van der Waals surface area contributed by atoms with Crippen molar-refractivity contribution in [2.75, 3.05) is 0 Å². The van der Waals surface area contributed by atoms with Gasteiger partial charge in [0.25, 0.3) is 5.91 Å². The number of aliphatic carboxylic acids is 1. The van der Waals surface area contributed by atoms with E-state index in [2.05, 4.69) is 15.5 Å². The second-order valence-corrected chi connectivity index (χ2v) is 4.69. The van der Waals surface area contributed by atoms with E-state index >= 15 is 0 Å². The van der Waals surface area contributed by atoms with Crippen LogP contribution in [0.4, 0.5) is 0 Å². The Morgan fingerprint density at radius 1 is 1.40 bits per heavy atom. The summed E-state index contributed by atoms with van der Waals surface area (Å²) in [6.07, 6.45) is 3.96. The highest BCUT2D eigenvalue weighted by atomic mass is 32.1. The molecular formula is C13H11N3O3S. The third-order valence-electron chi connectivity index (χ3n) is 2.36. The van der Waals surface area contributed by atoms with Gasteiger partial charge in [0.15, 0.2) is 0 Å². The van der Waals surface area contributed by atoms with E-state index in [1.807, 2.05) is 0 Å². The standard InChI is InChI=1S/C13H11N3O3S/c17-11(18)4-3-9-5-7-20-12(9)13(19)14-8-10-2-1-6-15-16-10/h1-7H,8H2,(H,14,19)(H,17,18)/b4-3+. The number of carbonyl (C=O) groups is 2. The van der Waals surface area contributed by atoms with Crippen molar-refractivity contribution in [3.05, 3.63) is 52.0 Å². The maximum Gasteiger partial charge on any atom is 0.328 e. The molecule has 0 bridgehead atoms. The van der Waals surface area contributed by atoms with E-state index in [1.54, 1.807) is 29.8 Å².